The minimum absolute atomic E-state index is 0.000313. The highest BCUT2D eigenvalue weighted by atomic mass is 32.1. The summed E-state index contributed by atoms with van der Waals surface area (Å²) in [6, 6.07) is 16.5. The summed E-state index contributed by atoms with van der Waals surface area (Å²) in [5.41, 5.74) is 3.15. The maximum Gasteiger partial charge on any atom is 0.338 e. The van der Waals surface area contributed by atoms with E-state index in [4.69, 9.17) is 31.2 Å². The molecule has 0 spiro atoms. The molecule has 1 aliphatic heterocycles. The Kier molecular flexibility index (Phi) is 8.82. The van der Waals surface area contributed by atoms with Crippen LogP contribution in [0.2, 0.25) is 0 Å². The van der Waals surface area contributed by atoms with E-state index in [1.165, 1.54) is 12.1 Å². The first-order chi connectivity index (χ1) is 18.8. The molecule has 0 saturated heterocycles. The SMILES string of the molecule is CCOC(=O)c1ccc(OCC2c3cc(OC)c(OC)cc3CCN2C(=S)Nc2ccc([N+](=O)[O-])cc2)cc1. The van der Waals surface area contributed by atoms with Crippen LogP contribution in [0.5, 0.6) is 17.2 Å². The molecule has 0 fully saturated rings. The largest absolute Gasteiger partial charge is 0.493 e. The van der Waals surface area contributed by atoms with E-state index < -0.39 is 4.92 Å². The molecule has 3 aromatic carbocycles. The van der Waals surface area contributed by atoms with E-state index >= 15 is 0 Å². The lowest BCUT2D eigenvalue weighted by molar-refractivity contribution is -0.384. The predicted octanol–water partition coefficient (Wildman–Crippen LogP) is 5.16. The van der Waals surface area contributed by atoms with Gasteiger partial charge in [-0.15, -0.1) is 0 Å². The number of carbonyl (C=O) groups excluding carboxylic acids is 1. The topological polar surface area (TPSA) is 112 Å². The van der Waals surface area contributed by atoms with Crippen molar-refractivity contribution in [2.75, 3.05) is 39.3 Å². The Morgan fingerprint density at radius 2 is 1.74 bits per heavy atom. The van der Waals surface area contributed by atoms with Crippen LogP contribution in [0.25, 0.3) is 0 Å². The summed E-state index contributed by atoms with van der Waals surface area (Å²) in [5, 5.41) is 14.7. The van der Waals surface area contributed by atoms with Gasteiger partial charge in [0.15, 0.2) is 16.6 Å². The fourth-order valence-electron chi connectivity index (χ4n) is 4.39. The standard InChI is InChI=1S/C28H29N3O7S/c1-4-37-27(32)18-5-11-22(12-6-18)38-17-24-23-16-26(36-3)25(35-2)15-19(23)13-14-30(24)28(39)29-20-7-9-21(10-8-20)31(33)34/h5-12,15-16,24H,4,13-14,17H2,1-3H3,(H,29,39). The molecule has 0 radical (unpaired) electrons. The second kappa shape index (κ2) is 12.4. The molecule has 1 unspecified atom stereocenters. The van der Waals surface area contributed by atoms with Crippen LogP contribution in [0.3, 0.4) is 0 Å². The molecule has 4 rings (SSSR count). The van der Waals surface area contributed by atoms with Crippen molar-refractivity contribution in [1.29, 1.82) is 0 Å². The summed E-state index contributed by atoms with van der Waals surface area (Å²) in [4.78, 5) is 24.6. The average molecular weight is 552 g/mol. The van der Waals surface area contributed by atoms with Crippen LogP contribution in [-0.4, -0.2) is 54.9 Å². The normalized spacial score (nSPS) is 14.1. The molecule has 3 aromatic rings. The summed E-state index contributed by atoms with van der Waals surface area (Å²) in [6.45, 7) is 2.92. The smallest absolute Gasteiger partial charge is 0.338 e. The Hall–Kier alpha value is -4.38. The van der Waals surface area contributed by atoms with Gasteiger partial charge in [-0.1, -0.05) is 0 Å². The maximum absolute atomic E-state index is 12.0. The monoisotopic (exact) mass is 551 g/mol. The van der Waals surface area contributed by atoms with Gasteiger partial charge in [0.2, 0.25) is 0 Å². The first-order valence-corrected chi connectivity index (χ1v) is 12.7. The van der Waals surface area contributed by atoms with Gasteiger partial charge in [0, 0.05) is 24.4 Å². The number of nitro benzene ring substituents is 1. The minimum atomic E-state index is -0.446. The quantitative estimate of drug-likeness (QED) is 0.166. The van der Waals surface area contributed by atoms with Gasteiger partial charge in [-0.25, -0.2) is 4.79 Å². The number of anilines is 1. The zero-order chi connectivity index (χ0) is 27.9. The third-order valence-electron chi connectivity index (χ3n) is 6.37. The summed E-state index contributed by atoms with van der Waals surface area (Å²) in [6.07, 6.45) is 0.711. The predicted molar refractivity (Wildman–Crippen MR) is 150 cm³/mol. The fraction of sp³-hybridized carbons (Fsp3) is 0.286. The van der Waals surface area contributed by atoms with Gasteiger partial charge in [0.25, 0.3) is 5.69 Å². The van der Waals surface area contributed by atoms with Crippen LogP contribution in [0.1, 0.15) is 34.5 Å². The number of non-ortho nitro benzene ring substituents is 1. The van der Waals surface area contributed by atoms with Gasteiger partial charge in [0.1, 0.15) is 12.4 Å². The first-order valence-electron chi connectivity index (χ1n) is 12.3. The number of hydrogen-bond donors (Lipinski definition) is 1. The Morgan fingerprint density at radius 1 is 1.08 bits per heavy atom. The highest BCUT2D eigenvalue weighted by Crippen LogP contribution is 2.38. The number of nitro groups is 1. The molecule has 0 saturated carbocycles. The zero-order valence-electron chi connectivity index (χ0n) is 21.8. The molecule has 1 N–H and O–H groups in total. The van der Waals surface area contributed by atoms with Gasteiger partial charge in [0.05, 0.1) is 37.4 Å². The lowest BCUT2D eigenvalue weighted by atomic mass is 9.92. The lowest BCUT2D eigenvalue weighted by Gasteiger charge is -2.39. The van der Waals surface area contributed by atoms with E-state index in [9.17, 15) is 14.9 Å². The highest BCUT2D eigenvalue weighted by molar-refractivity contribution is 7.80. The molecule has 0 bridgehead atoms. The number of hydrogen-bond acceptors (Lipinski definition) is 8. The van der Waals surface area contributed by atoms with Gasteiger partial charge in [-0.05, 0) is 85.2 Å². The molecular formula is C28H29N3O7S. The summed E-state index contributed by atoms with van der Waals surface area (Å²) in [7, 11) is 3.19. The van der Waals surface area contributed by atoms with Crippen molar-refractivity contribution in [2.24, 2.45) is 0 Å². The number of carbonyl (C=O) groups is 1. The van der Waals surface area contributed by atoms with E-state index in [0.717, 1.165) is 11.1 Å². The van der Waals surface area contributed by atoms with Crippen LogP contribution in [0.15, 0.2) is 60.7 Å². The number of fused-ring (bicyclic) bond motifs is 1. The summed E-state index contributed by atoms with van der Waals surface area (Å²) in [5.74, 6) is 1.44. The molecule has 1 heterocycles. The molecule has 1 aliphatic rings. The molecule has 0 aromatic heterocycles. The second-order valence-corrected chi connectivity index (χ2v) is 9.04. The molecule has 1 atom stereocenters. The molecule has 39 heavy (non-hydrogen) atoms. The van der Waals surface area contributed by atoms with Crippen molar-refractivity contribution in [2.45, 2.75) is 19.4 Å². The maximum atomic E-state index is 12.0. The third kappa shape index (κ3) is 6.37. The van der Waals surface area contributed by atoms with Crippen LogP contribution < -0.4 is 19.5 Å². The van der Waals surface area contributed by atoms with Crippen molar-refractivity contribution < 1.29 is 28.7 Å². The third-order valence-corrected chi connectivity index (χ3v) is 6.70. The average Bonchev–Trinajstić information content (AvgIpc) is 2.95. The van der Waals surface area contributed by atoms with Crippen molar-refractivity contribution >= 4 is 34.7 Å². The number of benzene rings is 3. The highest BCUT2D eigenvalue weighted by Gasteiger charge is 2.31. The number of methoxy groups -OCH3 is 2. The van der Waals surface area contributed by atoms with Crippen LogP contribution in [0, 0.1) is 10.1 Å². The van der Waals surface area contributed by atoms with Gasteiger partial charge >= 0.3 is 5.97 Å². The van der Waals surface area contributed by atoms with Gasteiger partial charge in [-0.3, -0.25) is 10.1 Å². The van der Waals surface area contributed by atoms with E-state index in [2.05, 4.69) is 5.32 Å². The Labute approximate surface area is 231 Å². The zero-order valence-corrected chi connectivity index (χ0v) is 22.7. The molecule has 10 nitrogen and oxygen atoms in total. The number of nitrogens with zero attached hydrogens (tertiary/aromatic N) is 2. The van der Waals surface area contributed by atoms with E-state index in [1.807, 2.05) is 17.0 Å². The lowest BCUT2D eigenvalue weighted by Crippen LogP contribution is -2.44. The Balaban J connectivity index is 1.59. The Morgan fingerprint density at radius 3 is 2.36 bits per heavy atom. The van der Waals surface area contributed by atoms with Crippen LogP contribution in [-0.2, 0) is 11.2 Å². The molecule has 204 valence electrons. The molecular weight excluding hydrogens is 522 g/mol. The van der Waals surface area contributed by atoms with Gasteiger partial charge in [-0.2, -0.15) is 0 Å². The summed E-state index contributed by atoms with van der Waals surface area (Å²) >= 11 is 5.78. The first kappa shape index (κ1) is 27.6. The van der Waals surface area contributed by atoms with E-state index in [-0.39, 0.29) is 24.3 Å². The molecule has 0 amide bonds. The second-order valence-electron chi connectivity index (χ2n) is 8.66. The van der Waals surface area contributed by atoms with Crippen molar-refractivity contribution in [1.82, 2.24) is 4.90 Å². The number of nitrogens with one attached hydrogen (secondary N) is 1. The van der Waals surface area contributed by atoms with Crippen LogP contribution >= 0.6 is 12.2 Å². The van der Waals surface area contributed by atoms with E-state index in [1.54, 1.807) is 57.5 Å². The number of rotatable bonds is 9. The number of thiocarbonyl (C=S) groups is 1. The van der Waals surface area contributed by atoms with Gasteiger partial charge < -0.3 is 29.2 Å². The number of esters is 1. The van der Waals surface area contributed by atoms with Crippen molar-refractivity contribution in [3.63, 3.8) is 0 Å². The van der Waals surface area contributed by atoms with Crippen molar-refractivity contribution in [3.05, 3.63) is 87.5 Å². The molecule has 0 aliphatic carbocycles. The number of ether oxygens (including phenoxy) is 4. The van der Waals surface area contributed by atoms with Crippen molar-refractivity contribution in [3.8, 4) is 17.2 Å². The van der Waals surface area contributed by atoms with E-state index in [0.29, 0.717) is 53.2 Å². The van der Waals surface area contributed by atoms with Crippen LogP contribution in [0.4, 0.5) is 11.4 Å². The Bertz CT molecular complexity index is 1350. The summed E-state index contributed by atoms with van der Waals surface area (Å²) < 4.78 is 22.3. The molecule has 11 heteroatoms. The fourth-order valence-corrected chi connectivity index (χ4v) is 4.73. The minimum Gasteiger partial charge on any atom is -0.493 e.